The van der Waals surface area contributed by atoms with Crippen LogP contribution in [-0.4, -0.2) is 86.9 Å². The van der Waals surface area contributed by atoms with Gasteiger partial charge in [0.05, 0.1) is 19.3 Å². The molecule has 6 nitrogen and oxygen atoms in total. The quantitative estimate of drug-likeness (QED) is 0.211. The summed E-state index contributed by atoms with van der Waals surface area (Å²) >= 11 is 0. The van der Waals surface area contributed by atoms with Crippen molar-refractivity contribution in [3.05, 3.63) is 12.7 Å². The van der Waals surface area contributed by atoms with Gasteiger partial charge in [-0.05, 0) is 33.5 Å². The zero-order valence-corrected chi connectivity index (χ0v) is 17.6. The predicted octanol–water partition coefficient (Wildman–Crippen LogP) is 1.56. The van der Waals surface area contributed by atoms with Crippen molar-refractivity contribution < 1.29 is 23.1 Å². The number of hydrogen-bond donors (Lipinski definition) is 0. The van der Waals surface area contributed by atoms with E-state index in [1.807, 2.05) is 20.8 Å². The van der Waals surface area contributed by atoms with Crippen molar-refractivity contribution in [3.63, 3.8) is 0 Å². The summed E-state index contributed by atoms with van der Waals surface area (Å²) < 4.78 is 29.1. The molecule has 1 rings (SSSR count). The molecule has 0 aromatic carbocycles. The van der Waals surface area contributed by atoms with Crippen LogP contribution in [0.5, 0.6) is 0 Å². The van der Waals surface area contributed by atoms with Crippen LogP contribution in [-0.2, 0) is 23.1 Å². The largest absolute Gasteiger partial charge is 0.394 e. The number of rotatable bonds is 13. The molecule has 2 unspecified atom stereocenters. The Labute approximate surface area is 150 Å². The minimum atomic E-state index is -2.19. The van der Waals surface area contributed by atoms with E-state index in [4.69, 9.17) is 23.1 Å². The second-order valence-corrected chi connectivity index (χ2v) is 10.1. The maximum Gasteiger partial charge on any atom is 0.349 e. The maximum atomic E-state index is 6.25. The molecular formula is C16H33NO5Si2. The van der Waals surface area contributed by atoms with E-state index >= 15 is 0 Å². The van der Waals surface area contributed by atoms with Crippen LogP contribution in [0.3, 0.4) is 0 Å². The molecule has 8 heteroatoms. The molecule has 2 atom stereocenters. The Hall–Kier alpha value is -0.0662. The Morgan fingerprint density at radius 1 is 1.29 bits per heavy atom. The minimum Gasteiger partial charge on any atom is -0.394 e. The molecule has 0 saturated carbocycles. The van der Waals surface area contributed by atoms with E-state index in [0.717, 1.165) is 18.9 Å². The van der Waals surface area contributed by atoms with Gasteiger partial charge < -0.3 is 28.0 Å². The Balaban J connectivity index is 2.57. The van der Waals surface area contributed by atoms with Crippen molar-refractivity contribution >= 4 is 18.1 Å². The van der Waals surface area contributed by atoms with Crippen molar-refractivity contribution in [3.8, 4) is 0 Å². The lowest BCUT2D eigenvalue weighted by molar-refractivity contribution is -0.0838. The van der Waals surface area contributed by atoms with Crippen LogP contribution in [0.2, 0.25) is 6.55 Å². The molecule has 0 aromatic rings. The lowest BCUT2D eigenvalue weighted by atomic mass is 10.3. The lowest BCUT2D eigenvalue weighted by Crippen LogP contribution is -2.61. The van der Waals surface area contributed by atoms with E-state index < -0.39 is 8.56 Å². The molecule has 140 valence electrons. The summed E-state index contributed by atoms with van der Waals surface area (Å²) in [5, 5.41) is 0. The smallest absolute Gasteiger partial charge is 0.349 e. The molecule has 2 radical (unpaired) electrons. The molecule has 0 aliphatic carbocycles. The number of nitrogens with zero attached hydrogens (tertiary/aromatic N) is 1. The Morgan fingerprint density at radius 2 is 2.00 bits per heavy atom. The normalized spacial score (nSPS) is 25.3. The molecule has 0 N–H and O–H groups in total. The average Bonchev–Trinajstić information content (AvgIpc) is 2.53. The summed E-state index contributed by atoms with van der Waals surface area (Å²) in [5.74, 6) is -0.113. The third-order valence-corrected chi connectivity index (χ3v) is 7.54. The highest BCUT2D eigenvalue weighted by Gasteiger charge is 2.41. The molecule has 1 aliphatic rings. The number of ether oxygens (including phenoxy) is 3. The second kappa shape index (κ2) is 12.3. The van der Waals surface area contributed by atoms with Crippen LogP contribution < -0.4 is 0 Å². The minimum absolute atomic E-state index is 0.0457. The fourth-order valence-electron chi connectivity index (χ4n) is 2.73. The average molecular weight is 376 g/mol. The van der Waals surface area contributed by atoms with E-state index in [0.29, 0.717) is 42.6 Å². The number of hydrogen-bond acceptors (Lipinski definition) is 6. The molecule has 0 aromatic heterocycles. The first-order valence-corrected chi connectivity index (χ1v) is 12.6. The summed E-state index contributed by atoms with van der Waals surface area (Å²) in [6.07, 6.45) is 3.61. The predicted molar refractivity (Wildman–Crippen MR) is 98.4 cm³/mol. The zero-order valence-electron chi connectivity index (χ0n) is 15.6. The topological polar surface area (TPSA) is 49.4 Å². The molecule has 24 heavy (non-hydrogen) atoms. The third kappa shape index (κ3) is 8.35. The summed E-state index contributed by atoms with van der Waals surface area (Å²) in [5.41, 5.74) is 0. The van der Waals surface area contributed by atoms with Gasteiger partial charge in [0.15, 0.2) is 0 Å². The highest BCUT2D eigenvalue weighted by atomic mass is 28.4. The van der Waals surface area contributed by atoms with Gasteiger partial charge in [0, 0.05) is 32.5 Å². The van der Waals surface area contributed by atoms with Gasteiger partial charge in [0.1, 0.15) is 15.4 Å². The Bertz CT molecular complexity index is 344. The van der Waals surface area contributed by atoms with Crippen LogP contribution >= 0.6 is 0 Å². The van der Waals surface area contributed by atoms with E-state index in [2.05, 4.69) is 18.0 Å². The third-order valence-electron chi connectivity index (χ3n) is 3.50. The molecule has 0 amide bonds. The van der Waals surface area contributed by atoms with Crippen molar-refractivity contribution in [2.45, 2.75) is 39.3 Å². The first kappa shape index (κ1) is 22.0. The first-order valence-electron chi connectivity index (χ1n) is 8.76. The van der Waals surface area contributed by atoms with Gasteiger partial charge in [0.25, 0.3) is 0 Å². The van der Waals surface area contributed by atoms with Gasteiger partial charge >= 0.3 is 8.56 Å². The fourth-order valence-corrected chi connectivity index (χ4v) is 6.92. The van der Waals surface area contributed by atoms with Crippen molar-refractivity contribution in [2.75, 3.05) is 51.9 Å². The van der Waals surface area contributed by atoms with Crippen LogP contribution in [0.25, 0.3) is 0 Å². The Kier molecular flexibility index (Phi) is 11.3. The molecule has 1 aliphatic heterocycles. The fraction of sp³-hybridized carbons (Fsp3) is 0.875. The van der Waals surface area contributed by atoms with E-state index in [1.54, 1.807) is 6.08 Å². The van der Waals surface area contributed by atoms with E-state index in [-0.39, 0.29) is 12.0 Å². The van der Waals surface area contributed by atoms with Gasteiger partial charge in [-0.25, -0.2) is 0 Å². The molecular weight excluding hydrogens is 342 g/mol. The summed E-state index contributed by atoms with van der Waals surface area (Å²) in [4.78, 5) is 2.41. The first-order chi connectivity index (χ1) is 11.6. The van der Waals surface area contributed by atoms with Gasteiger partial charge in [-0.2, -0.15) is 0 Å². The molecule has 1 saturated heterocycles. The van der Waals surface area contributed by atoms with Crippen LogP contribution in [0.15, 0.2) is 12.7 Å². The highest BCUT2D eigenvalue weighted by molar-refractivity contribution is 6.66. The second-order valence-electron chi connectivity index (χ2n) is 5.75. The molecule has 1 fully saturated rings. The summed E-state index contributed by atoms with van der Waals surface area (Å²) in [6.45, 7) is 15.8. The van der Waals surface area contributed by atoms with Gasteiger partial charge in [0.2, 0.25) is 0 Å². The van der Waals surface area contributed by atoms with Crippen molar-refractivity contribution in [1.82, 2.24) is 4.90 Å². The van der Waals surface area contributed by atoms with Crippen molar-refractivity contribution in [2.24, 2.45) is 0 Å². The summed E-state index contributed by atoms with van der Waals surface area (Å²) in [7, 11) is -1.62. The standard InChI is InChI=1S/C16H33NO5Si2/c1-6-10-18-12-15-11-17(14-24(5,22-15)21-9-4)13-23-16(19-7-2)20-8-3/h6,15-16H,1,7-14H2,2-5H3. The monoisotopic (exact) mass is 375 g/mol. The maximum absolute atomic E-state index is 6.25. The van der Waals surface area contributed by atoms with Crippen LogP contribution in [0.4, 0.5) is 0 Å². The molecule has 0 bridgehead atoms. The van der Waals surface area contributed by atoms with Gasteiger partial charge in [-0.15, -0.1) is 6.58 Å². The van der Waals surface area contributed by atoms with E-state index in [1.165, 1.54) is 0 Å². The Morgan fingerprint density at radius 3 is 2.58 bits per heavy atom. The van der Waals surface area contributed by atoms with E-state index in [9.17, 15) is 0 Å². The zero-order chi connectivity index (χ0) is 17.8. The molecule has 1 heterocycles. The summed E-state index contributed by atoms with van der Waals surface area (Å²) in [6, 6.07) is 0. The highest BCUT2D eigenvalue weighted by Crippen LogP contribution is 2.19. The molecule has 0 spiro atoms. The van der Waals surface area contributed by atoms with Gasteiger partial charge in [-0.3, -0.25) is 0 Å². The van der Waals surface area contributed by atoms with Gasteiger partial charge in [-0.1, -0.05) is 6.08 Å². The van der Waals surface area contributed by atoms with Crippen LogP contribution in [0, 0.1) is 0 Å². The lowest BCUT2D eigenvalue weighted by Gasteiger charge is -2.42. The van der Waals surface area contributed by atoms with Crippen molar-refractivity contribution in [1.29, 1.82) is 0 Å². The SMILES string of the molecule is C=CCOCC1CN(C[Si]C(OCC)OCC)C[Si](C)(OCC)O1. The van der Waals surface area contributed by atoms with Crippen LogP contribution in [0.1, 0.15) is 20.8 Å².